The Morgan fingerprint density at radius 1 is 1.24 bits per heavy atom. The molecule has 10 heteroatoms. The second-order valence-corrected chi connectivity index (χ2v) is 8.90. The average Bonchev–Trinajstić information content (AvgIpc) is 3.15. The van der Waals surface area contributed by atoms with E-state index in [4.69, 9.17) is 20.9 Å². The molecule has 0 spiro atoms. The first-order valence-electron chi connectivity index (χ1n) is 11.4. The SMILES string of the molecule is COC(c1ccccc1F)c1nc2nc(C(=N)OC(N)=O)nc(C)c2n1C[C@H]1CC[C@H](C)CC1. The van der Waals surface area contributed by atoms with E-state index in [0.29, 0.717) is 46.6 Å². The van der Waals surface area contributed by atoms with Gasteiger partial charge in [-0.1, -0.05) is 38.0 Å². The van der Waals surface area contributed by atoms with Crippen LogP contribution in [0.15, 0.2) is 24.3 Å². The number of benzene rings is 1. The van der Waals surface area contributed by atoms with Gasteiger partial charge in [0.1, 0.15) is 23.3 Å². The molecule has 9 nitrogen and oxygen atoms in total. The van der Waals surface area contributed by atoms with E-state index < -0.39 is 18.1 Å². The molecule has 3 aromatic rings. The lowest BCUT2D eigenvalue weighted by atomic mass is 9.83. The lowest BCUT2D eigenvalue weighted by molar-refractivity contribution is 0.121. The summed E-state index contributed by atoms with van der Waals surface area (Å²) in [5.74, 6) is 0.599. The lowest BCUT2D eigenvalue weighted by Crippen LogP contribution is -2.22. The minimum absolute atomic E-state index is 0.105. The van der Waals surface area contributed by atoms with E-state index in [1.165, 1.54) is 13.2 Å². The predicted octanol–water partition coefficient (Wildman–Crippen LogP) is 4.26. The molecule has 3 N–H and O–H groups in total. The topological polar surface area (TPSA) is 129 Å². The maximum Gasteiger partial charge on any atom is 0.411 e. The number of nitrogens with two attached hydrogens (primary N) is 1. The standard InChI is InChI=1S/C24H29FN6O3/c1-13-8-10-15(11-9-13)12-31-18-14(2)28-22(20(26)34-24(27)32)29-21(18)30-23(31)19(33-3)16-6-4-5-7-17(16)25/h4-7,13,15,19,26H,8-12H2,1-3H3,(H2,27,32)/t13-,15-,19?. The molecule has 2 heterocycles. The van der Waals surface area contributed by atoms with Crippen molar-refractivity contribution >= 4 is 23.2 Å². The van der Waals surface area contributed by atoms with Crippen molar-refractivity contribution in [1.82, 2.24) is 19.5 Å². The number of hydrogen-bond acceptors (Lipinski definition) is 7. The molecule has 0 radical (unpaired) electrons. The molecule has 0 saturated heterocycles. The first-order chi connectivity index (χ1) is 16.3. The third kappa shape index (κ3) is 4.77. The number of ether oxygens (including phenoxy) is 2. The molecule has 1 saturated carbocycles. The molecule has 0 bridgehead atoms. The highest BCUT2D eigenvalue weighted by Gasteiger charge is 2.29. The molecule has 180 valence electrons. The van der Waals surface area contributed by atoms with Crippen molar-refractivity contribution in [3.8, 4) is 0 Å². The third-order valence-electron chi connectivity index (χ3n) is 6.45. The van der Waals surface area contributed by atoms with E-state index in [2.05, 4.69) is 21.6 Å². The van der Waals surface area contributed by atoms with Gasteiger partial charge in [0.25, 0.3) is 5.90 Å². The Bertz CT molecular complexity index is 1220. The van der Waals surface area contributed by atoms with Gasteiger partial charge in [0.15, 0.2) is 5.65 Å². The highest BCUT2D eigenvalue weighted by Crippen LogP contribution is 2.34. The van der Waals surface area contributed by atoms with Gasteiger partial charge >= 0.3 is 6.09 Å². The Hall–Kier alpha value is -3.40. The van der Waals surface area contributed by atoms with Crippen LogP contribution in [0.25, 0.3) is 11.2 Å². The number of amides is 1. The fourth-order valence-corrected chi connectivity index (χ4v) is 4.69. The third-order valence-corrected chi connectivity index (χ3v) is 6.45. The van der Waals surface area contributed by atoms with Crippen LogP contribution >= 0.6 is 0 Å². The fourth-order valence-electron chi connectivity index (χ4n) is 4.69. The molecule has 4 rings (SSSR count). The van der Waals surface area contributed by atoms with E-state index in [-0.39, 0.29) is 11.6 Å². The van der Waals surface area contributed by atoms with Crippen molar-refractivity contribution in [2.45, 2.75) is 52.2 Å². The minimum atomic E-state index is -1.12. The van der Waals surface area contributed by atoms with Gasteiger partial charge in [-0.05, 0) is 37.7 Å². The van der Waals surface area contributed by atoms with E-state index in [0.717, 1.165) is 25.7 Å². The number of aromatic nitrogens is 4. The number of primary amides is 1. The number of carbonyl (C=O) groups excluding carboxylic acids is 1. The Balaban J connectivity index is 1.85. The van der Waals surface area contributed by atoms with Crippen molar-refractivity contribution in [3.05, 3.63) is 53.0 Å². The molecule has 1 unspecified atom stereocenters. The number of rotatable bonds is 6. The zero-order chi connectivity index (χ0) is 24.4. The van der Waals surface area contributed by atoms with Crippen molar-refractivity contribution in [1.29, 1.82) is 5.41 Å². The van der Waals surface area contributed by atoms with Crippen LogP contribution in [0.1, 0.15) is 61.6 Å². The highest BCUT2D eigenvalue weighted by atomic mass is 19.1. The first-order valence-corrected chi connectivity index (χ1v) is 11.4. The maximum absolute atomic E-state index is 14.7. The lowest BCUT2D eigenvalue weighted by Gasteiger charge is -2.28. The molecular formula is C24H29FN6O3. The highest BCUT2D eigenvalue weighted by molar-refractivity contribution is 5.96. The summed E-state index contributed by atoms with van der Waals surface area (Å²) in [5.41, 5.74) is 6.96. The van der Waals surface area contributed by atoms with Crippen LogP contribution in [0.2, 0.25) is 0 Å². The number of imidazole rings is 1. The zero-order valence-corrected chi connectivity index (χ0v) is 19.5. The molecule has 1 atom stereocenters. The van der Waals surface area contributed by atoms with Crippen molar-refractivity contribution < 1.29 is 18.7 Å². The van der Waals surface area contributed by atoms with Gasteiger partial charge in [0.2, 0.25) is 5.82 Å². The van der Waals surface area contributed by atoms with Crippen LogP contribution in [0, 0.1) is 30.0 Å². The smallest absolute Gasteiger partial charge is 0.388 e. The Morgan fingerprint density at radius 2 is 1.94 bits per heavy atom. The fraction of sp³-hybridized carbons (Fsp3) is 0.458. The van der Waals surface area contributed by atoms with Crippen LogP contribution in [0.3, 0.4) is 0 Å². The Labute approximate surface area is 197 Å². The number of fused-ring (bicyclic) bond motifs is 1. The monoisotopic (exact) mass is 468 g/mol. The van der Waals surface area contributed by atoms with E-state index in [1.54, 1.807) is 25.1 Å². The summed E-state index contributed by atoms with van der Waals surface area (Å²) >= 11 is 0. The van der Waals surface area contributed by atoms with Crippen molar-refractivity contribution in [2.24, 2.45) is 17.6 Å². The molecule has 1 aromatic carbocycles. The largest absolute Gasteiger partial charge is 0.411 e. The molecule has 2 aromatic heterocycles. The number of methoxy groups -OCH3 is 1. The van der Waals surface area contributed by atoms with Crippen LogP contribution < -0.4 is 5.73 Å². The second-order valence-electron chi connectivity index (χ2n) is 8.90. The molecular weight excluding hydrogens is 439 g/mol. The van der Waals surface area contributed by atoms with Crippen LogP contribution in [0.5, 0.6) is 0 Å². The zero-order valence-electron chi connectivity index (χ0n) is 19.5. The molecule has 1 amide bonds. The van der Waals surface area contributed by atoms with Crippen molar-refractivity contribution in [2.75, 3.05) is 7.11 Å². The minimum Gasteiger partial charge on any atom is -0.388 e. The van der Waals surface area contributed by atoms with Gasteiger partial charge < -0.3 is 19.8 Å². The quantitative estimate of drug-likeness (QED) is 0.411. The molecule has 1 aliphatic rings. The van der Waals surface area contributed by atoms with E-state index in [9.17, 15) is 9.18 Å². The van der Waals surface area contributed by atoms with Gasteiger partial charge in [-0.25, -0.2) is 24.1 Å². The van der Waals surface area contributed by atoms with Gasteiger partial charge in [-0.2, -0.15) is 0 Å². The van der Waals surface area contributed by atoms with Gasteiger partial charge in [0, 0.05) is 19.2 Å². The second kappa shape index (κ2) is 9.84. The number of carbonyl (C=O) groups is 1. The van der Waals surface area contributed by atoms with Gasteiger partial charge in [0.05, 0.1) is 5.69 Å². The Kier molecular flexibility index (Phi) is 6.87. The average molecular weight is 469 g/mol. The summed E-state index contributed by atoms with van der Waals surface area (Å²) in [6, 6.07) is 6.45. The number of nitrogens with zero attached hydrogens (tertiary/aromatic N) is 4. The van der Waals surface area contributed by atoms with E-state index in [1.807, 2.05) is 4.57 Å². The molecule has 1 aliphatic carbocycles. The van der Waals surface area contributed by atoms with Gasteiger partial charge in [-0.15, -0.1) is 0 Å². The molecule has 1 fully saturated rings. The summed E-state index contributed by atoms with van der Waals surface area (Å²) in [6.45, 7) is 4.72. The van der Waals surface area contributed by atoms with Crippen molar-refractivity contribution in [3.63, 3.8) is 0 Å². The maximum atomic E-state index is 14.7. The van der Waals surface area contributed by atoms with Crippen LogP contribution in [-0.4, -0.2) is 38.6 Å². The summed E-state index contributed by atoms with van der Waals surface area (Å²) in [5, 5.41) is 7.94. The van der Waals surface area contributed by atoms with Crippen LogP contribution in [0.4, 0.5) is 9.18 Å². The van der Waals surface area contributed by atoms with Crippen LogP contribution in [-0.2, 0) is 16.0 Å². The summed E-state index contributed by atoms with van der Waals surface area (Å²) < 4.78 is 27.2. The number of hydrogen-bond donors (Lipinski definition) is 2. The summed E-state index contributed by atoms with van der Waals surface area (Å²) in [6.07, 6.45) is 2.62. The molecule has 34 heavy (non-hydrogen) atoms. The number of aryl methyl sites for hydroxylation is 1. The normalized spacial score (nSPS) is 19.2. The summed E-state index contributed by atoms with van der Waals surface area (Å²) in [4.78, 5) is 24.5. The number of halogens is 1. The van der Waals surface area contributed by atoms with Gasteiger partial charge in [-0.3, -0.25) is 5.41 Å². The number of nitrogens with one attached hydrogen (secondary N) is 1. The summed E-state index contributed by atoms with van der Waals surface area (Å²) in [7, 11) is 1.52. The predicted molar refractivity (Wildman–Crippen MR) is 124 cm³/mol. The first kappa shape index (κ1) is 23.7. The Morgan fingerprint density at radius 3 is 2.59 bits per heavy atom. The molecule has 0 aliphatic heterocycles. The van der Waals surface area contributed by atoms with E-state index >= 15 is 0 Å².